The lowest BCUT2D eigenvalue weighted by Gasteiger charge is -2.10. The maximum absolute atomic E-state index is 11.9. The van der Waals surface area contributed by atoms with Crippen LogP contribution in [0.4, 0.5) is 0 Å². The molecular formula is C23H20O8. The SMILES string of the molecule is O=CCC(=O)Oc1ccc(/C=C/C(=O)OCCc2ccccc2)cc1OC(=O)CC=O. The van der Waals surface area contributed by atoms with Crippen molar-refractivity contribution in [1.29, 1.82) is 0 Å². The average molecular weight is 424 g/mol. The molecule has 0 aliphatic rings. The zero-order valence-electron chi connectivity index (χ0n) is 16.5. The predicted octanol–water partition coefficient (Wildman–Crippen LogP) is 2.47. The molecule has 0 spiro atoms. The summed E-state index contributed by atoms with van der Waals surface area (Å²) in [6.07, 6.45) is 3.00. The number of hydrogen-bond acceptors (Lipinski definition) is 8. The van der Waals surface area contributed by atoms with Gasteiger partial charge < -0.3 is 23.8 Å². The molecule has 0 aliphatic heterocycles. The summed E-state index contributed by atoms with van der Waals surface area (Å²) in [7, 11) is 0. The molecule has 8 heteroatoms. The number of rotatable bonds is 11. The van der Waals surface area contributed by atoms with Crippen LogP contribution < -0.4 is 9.47 Å². The number of ether oxygens (including phenoxy) is 3. The Hall–Kier alpha value is -4.07. The third-order valence-electron chi connectivity index (χ3n) is 3.81. The van der Waals surface area contributed by atoms with E-state index in [0.29, 0.717) is 24.6 Å². The number of benzene rings is 2. The van der Waals surface area contributed by atoms with Crippen LogP contribution in [0.3, 0.4) is 0 Å². The van der Waals surface area contributed by atoms with Crippen LogP contribution in [0.1, 0.15) is 24.0 Å². The van der Waals surface area contributed by atoms with Gasteiger partial charge in [0, 0.05) is 12.5 Å². The van der Waals surface area contributed by atoms with Crippen LogP contribution in [0.5, 0.6) is 11.5 Å². The first-order valence-electron chi connectivity index (χ1n) is 9.33. The van der Waals surface area contributed by atoms with Crippen LogP contribution in [0, 0.1) is 0 Å². The van der Waals surface area contributed by atoms with Gasteiger partial charge in [0.25, 0.3) is 0 Å². The smallest absolute Gasteiger partial charge is 0.330 e. The van der Waals surface area contributed by atoms with Crippen molar-refractivity contribution in [3.8, 4) is 11.5 Å². The van der Waals surface area contributed by atoms with Crippen molar-refractivity contribution in [2.45, 2.75) is 19.3 Å². The zero-order valence-corrected chi connectivity index (χ0v) is 16.5. The second kappa shape index (κ2) is 12.5. The Morgan fingerprint density at radius 2 is 1.45 bits per heavy atom. The Kier molecular flexibility index (Phi) is 9.35. The Labute approximate surface area is 178 Å². The first kappa shape index (κ1) is 23.2. The summed E-state index contributed by atoms with van der Waals surface area (Å²) in [6, 6.07) is 13.8. The highest BCUT2D eigenvalue weighted by atomic mass is 16.6. The van der Waals surface area contributed by atoms with E-state index in [2.05, 4.69) is 0 Å². The number of carbonyl (C=O) groups excluding carboxylic acids is 5. The van der Waals surface area contributed by atoms with Gasteiger partial charge in [-0.2, -0.15) is 0 Å². The van der Waals surface area contributed by atoms with Crippen molar-refractivity contribution in [2.24, 2.45) is 0 Å². The fraction of sp³-hybridized carbons (Fsp3) is 0.174. The van der Waals surface area contributed by atoms with Gasteiger partial charge in [0.2, 0.25) is 0 Å². The van der Waals surface area contributed by atoms with Crippen molar-refractivity contribution in [3.05, 3.63) is 65.7 Å². The first-order valence-corrected chi connectivity index (χ1v) is 9.33. The van der Waals surface area contributed by atoms with Crippen LogP contribution in [-0.4, -0.2) is 37.1 Å². The van der Waals surface area contributed by atoms with Crippen LogP contribution in [0.25, 0.3) is 6.08 Å². The maximum atomic E-state index is 11.9. The largest absolute Gasteiger partial charge is 0.462 e. The fourth-order valence-electron chi connectivity index (χ4n) is 2.38. The molecule has 31 heavy (non-hydrogen) atoms. The van der Waals surface area contributed by atoms with Crippen LogP contribution >= 0.6 is 0 Å². The highest BCUT2D eigenvalue weighted by Crippen LogP contribution is 2.29. The summed E-state index contributed by atoms with van der Waals surface area (Å²) in [5.41, 5.74) is 1.49. The topological polar surface area (TPSA) is 113 Å². The molecule has 0 saturated heterocycles. The molecule has 8 nitrogen and oxygen atoms in total. The first-order chi connectivity index (χ1) is 15.0. The summed E-state index contributed by atoms with van der Waals surface area (Å²) in [5.74, 6) is -2.49. The molecule has 0 atom stereocenters. The summed E-state index contributed by atoms with van der Waals surface area (Å²) >= 11 is 0. The third kappa shape index (κ3) is 8.45. The minimum Gasteiger partial charge on any atom is -0.462 e. The van der Waals surface area contributed by atoms with Crippen LogP contribution in [-0.2, 0) is 35.1 Å². The molecular weight excluding hydrogens is 404 g/mol. The summed E-state index contributed by atoms with van der Waals surface area (Å²) in [6.45, 7) is 0.216. The number of esters is 3. The van der Waals surface area contributed by atoms with Gasteiger partial charge in [-0.25, -0.2) is 4.79 Å². The van der Waals surface area contributed by atoms with E-state index in [4.69, 9.17) is 14.2 Å². The molecule has 2 aromatic rings. The maximum Gasteiger partial charge on any atom is 0.330 e. The fourth-order valence-corrected chi connectivity index (χ4v) is 2.38. The van der Waals surface area contributed by atoms with Gasteiger partial charge in [-0.05, 0) is 29.3 Å². The Balaban J connectivity index is 2.03. The highest BCUT2D eigenvalue weighted by molar-refractivity contribution is 5.89. The quantitative estimate of drug-likeness (QED) is 0.178. The molecule has 2 aromatic carbocycles. The van der Waals surface area contributed by atoms with E-state index in [0.717, 1.165) is 5.56 Å². The molecule has 0 aromatic heterocycles. The summed E-state index contributed by atoms with van der Waals surface area (Å²) in [5, 5.41) is 0. The van der Waals surface area contributed by atoms with E-state index in [1.165, 1.54) is 30.4 Å². The van der Waals surface area contributed by atoms with E-state index in [9.17, 15) is 24.0 Å². The molecule has 0 amide bonds. The number of aldehydes is 2. The third-order valence-corrected chi connectivity index (χ3v) is 3.81. The van der Waals surface area contributed by atoms with Gasteiger partial charge >= 0.3 is 17.9 Å². The van der Waals surface area contributed by atoms with Crippen LogP contribution in [0.15, 0.2) is 54.6 Å². The van der Waals surface area contributed by atoms with Gasteiger partial charge in [0.15, 0.2) is 11.5 Å². The summed E-state index contributed by atoms with van der Waals surface area (Å²) in [4.78, 5) is 56.0. The van der Waals surface area contributed by atoms with Gasteiger partial charge in [-0.15, -0.1) is 0 Å². The van der Waals surface area contributed by atoms with Gasteiger partial charge in [0.1, 0.15) is 25.4 Å². The molecule has 0 saturated carbocycles. The normalized spacial score (nSPS) is 10.3. The molecule has 0 unspecified atom stereocenters. The lowest BCUT2D eigenvalue weighted by atomic mass is 10.2. The minimum atomic E-state index is -0.857. The van der Waals surface area contributed by atoms with Crippen molar-refractivity contribution in [3.63, 3.8) is 0 Å². The molecule has 0 bridgehead atoms. The monoisotopic (exact) mass is 424 g/mol. The van der Waals surface area contributed by atoms with Crippen molar-refractivity contribution in [2.75, 3.05) is 6.61 Å². The van der Waals surface area contributed by atoms with Gasteiger partial charge in [-0.3, -0.25) is 9.59 Å². The lowest BCUT2D eigenvalue weighted by molar-refractivity contribution is -0.138. The second-order valence-electron chi connectivity index (χ2n) is 6.13. The average Bonchev–Trinajstić information content (AvgIpc) is 2.75. The minimum absolute atomic E-state index is 0.103. The molecule has 0 N–H and O–H groups in total. The Bertz CT molecular complexity index is 963. The molecule has 160 valence electrons. The number of carbonyl (C=O) groups is 5. The number of hydrogen-bond donors (Lipinski definition) is 0. The van der Waals surface area contributed by atoms with Gasteiger partial charge in [0.05, 0.1) is 6.61 Å². The van der Waals surface area contributed by atoms with Crippen molar-refractivity contribution >= 4 is 36.6 Å². The highest BCUT2D eigenvalue weighted by Gasteiger charge is 2.14. The molecule has 0 aliphatic carbocycles. The molecule has 2 rings (SSSR count). The molecule has 0 radical (unpaired) electrons. The van der Waals surface area contributed by atoms with Crippen LogP contribution in [0.2, 0.25) is 0 Å². The predicted molar refractivity (Wildman–Crippen MR) is 109 cm³/mol. The van der Waals surface area contributed by atoms with E-state index >= 15 is 0 Å². The standard InChI is InChI=1S/C23H20O8/c24-13-10-22(27)30-19-8-6-18(16-20(19)31-23(28)11-14-25)7-9-21(26)29-15-12-17-4-2-1-3-5-17/h1-9,13-14,16H,10-12,15H2/b9-7+. The lowest BCUT2D eigenvalue weighted by Crippen LogP contribution is -2.12. The Morgan fingerprint density at radius 1 is 0.806 bits per heavy atom. The second-order valence-corrected chi connectivity index (χ2v) is 6.13. The molecule has 0 heterocycles. The summed E-state index contributed by atoms with van der Waals surface area (Å²) < 4.78 is 15.2. The Morgan fingerprint density at radius 3 is 2.10 bits per heavy atom. The van der Waals surface area contributed by atoms with Crippen molar-refractivity contribution < 1.29 is 38.2 Å². The van der Waals surface area contributed by atoms with E-state index in [1.807, 2.05) is 30.3 Å². The molecule has 0 fully saturated rings. The zero-order chi connectivity index (χ0) is 22.5. The van der Waals surface area contributed by atoms with E-state index < -0.39 is 30.7 Å². The van der Waals surface area contributed by atoms with Crippen molar-refractivity contribution in [1.82, 2.24) is 0 Å². The van der Waals surface area contributed by atoms with E-state index in [1.54, 1.807) is 0 Å². The van der Waals surface area contributed by atoms with E-state index in [-0.39, 0.29) is 18.1 Å². The van der Waals surface area contributed by atoms with Gasteiger partial charge in [-0.1, -0.05) is 36.4 Å².